The Morgan fingerprint density at radius 1 is 1.10 bits per heavy atom. The molecule has 5 nitrogen and oxygen atoms in total. The monoisotopic (exact) mass is 301 g/mol. The highest BCUT2D eigenvalue weighted by molar-refractivity contribution is 6.30. The highest BCUT2D eigenvalue weighted by Gasteiger charge is 2.18. The maximum atomic E-state index is 6.14. The number of halogens is 1. The third-order valence-electron chi connectivity index (χ3n) is 3.58. The SMILES string of the molecule is Cc1nn(C)c(C)c1-c1nn(-c2ccc(Cl)cc2)cc1N. The molecule has 0 aliphatic rings. The molecule has 0 aliphatic carbocycles. The van der Waals surface area contributed by atoms with E-state index in [0.29, 0.717) is 10.7 Å². The molecule has 0 aliphatic heterocycles. The number of hydrogen-bond donors (Lipinski definition) is 1. The first-order chi connectivity index (χ1) is 9.97. The summed E-state index contributed by atoms with van der Waals surface area (Å²) in [6, 6.07) is 7.47. The Balaban J connectivity index is 2.12. The van der Waals surface area contributed by atoms with Crippen LogP contribution in [0.3, 0.4) is 0 Å². The van der Waals surface area contributed by atoms with Crippen molar-refractivity contribution in [1.29, 1.82) is 0 Å². The Morgan fingerprint density at radius 2 is 1.76 bits per heavy atom. The van der Waals surface area contributed by atoms with Gasteiger partial charge in [0.2, 0.25) is 0 Å². The molecule has 108 valence electrons. The molecule has 0 atom stereocenters. The van der Waals surface area contributed by atoms with E-state index in [1.54, 1.807) is 4.68 Å². The second kappa shape index (κ2) is 4.93. The summed E-state index contributed by atoms with van der Waals surface area (Å²) in [5.74, 6) is 0. The molecule has 0 amide bonds. The number of anilines is 1. The topological polar surface area (TPSA) is 61.7 Å². The quantitative estimate of drug-likeness (QED) is 0.791. The number of aromatic nitrogens is 4. The van der Waals surface area contributed by atoms with Crippen molar-refractivity contribution in [2.45, 2.75) is 13.8 Å². The van der Waals surface area contributed by atoms with Crippen molar-refractivity contribution in [3.05, 3.63) is 46.9 Å². The standard InChI is InChI=1S/C15H16ClN5/c1-9-14(10(2)20(3)18-9)15-13(17)8-21(19-15)12-6-4-11(16)5-7-12/h4-8H,17H2,1-3H3. The Labute approximate surface area is 127 Å². The number of nitrogens with two attached hydrogens (primary N) is 1. The molecule has 2 heterocycles. The highest BCUT2D eigenvalue weighted by Crippen LogP contribution is 2.30. The van der Waals surface area contributed by atoms with Gasteiger partial charge >= 0.3 is 0 Å². The molecular formula is C15H16ClN5. The minimum absolute atomic E-state index is 0.629. The van der Waals surface area contributed by atoms with Crippen LogP contribution in [0.2, 0.25) is 5.02 Å². The van der Waals surface area contributed by atoms with E-state index in [2.05, 4.69) is 10.2 Å². The van der Waals surface area contributed by atoms with Crippen molar-refractivity contribution < 1.29 is 0 Å². The summed E-state index contributed by atoms with van der Waals surface area (Å²) in [7, 11) is 1.91. The van der Waals surface area contributed by atoms with Crippen LogP contribution in [0.25, 0.3) is 16.9 Å². The lowest BCUT2D eigenvalue weighted by Crippen LogP contribution is -1.95. The Morgan fingerprint density at radius 3 is 2.33 bits per heavy atom. The van der Waals surface area contributed by atoms with Gasteiger partial charge in [-0.1, -0.05) is 11.6 Å². The zero-order chi connectivity index (χ0) is 15.1. The van der Waals surface area contributed by atoms with Crippen molar-refractivity contribution in [2.75, 3.05) is 5.73 Å². The van der Waals surface area contributed by atoms with Crippen LogP contribution in [-0.4, -0.2) is 19.6 Å². The second-order valence-electron chi connectivity index (χ2n) is 5.02. The average molecular weight is 302 g/mol. The lowest BCUT2D eigenvalue weighted by molar-refractivity contribution is 0.731. The summed E-state index contributed by atoms with van der Waals surface area (Å²) in [6.07, 6.45) is 1.81. The zero-order valence-electron chi connectivity index (χ0n) is 12.1. The van der Waals surface area contributed by atoms with E-state index >= 15 is 0 Å². The number of benzene rings is 1. The minimum atomic E-state index is 0.629. The first-order valence-corrected chi connectivity index (χ1v) is 6.97. The first kappa shape index (κ1) is 13.7. The molecule has 21 heavy (non-hydrogen) atoms. The summed E-state index contributed by atoms with van der Waals surface area (Å²) < 4.78 is 3.60. The minimum Gasteiger partial charge on any atom is -0.396 e. The maximum absolute atomic E-state index is 6.14. The van der Waals surface area contributed by atoms with Gasteiger partial charge in [0.1, 0.15) is 5.69 Å². The van der Waals surface area contributed by atoms with Gasteiger partial charge in [-0.05, 0) is 38.1 Å². The summed E-state index contributed by atoms with van der Waals surface area (Å²) in [6.45, 7) is 3.97. The molecule has 2 N–H and O–H groups in total. The predicted octanol–water partition coefficient (Wildman–Crippen LogP) is 3.13. The van der Waals surface area contributed by atoms with Gasteiger partial charge in [-0.15, -0.1) is 0 Å². The summed E-state index contributed by atoms with van der Waals surface area (Å²) >= 11 is 5.91. The molecule has 0 saturated heterocycles. The summed E-state index contributed by atoms with van der Waals surface area (Å²) in [5.41, 5.74) is 11.4. The number of hydrogen-bond acceptors (Lipinski definition) is 3. The Hall–Kier alpha value is -2.27. The molecule has 6 heteroatoms. The molecule has 2 aromatic heterocycles. The number of rotatable bonds is 2. The third-order valence-corrected chi connectivity index (χ3v) is 3.83. The molecule has 3 rings (SSSR count). The van der Waals surface area contributed by atoms with Crippen LogP contribution in [0.4, 0.5) is 5.69 Å². The largest absolute Gasteiger partial charge is 0.396 e. The third kappa shape index (κ3) is 2.29. The number of nitrogens with zero attached hydrogens (tertiary/aromatic N) is 4. The van der Waals surface area contributed by atoms with Crippen LogP contribution in [0.1, 0.15) is 11.4 Å². The van der Waals surface area contributed by atoms with E-state index in [1.807, 2.05) is 56.0 Å². The van der Waals surface area contributed by atoms with Crippen molar-refractivity contribution in [3.63, 3.8) is 0 Å². The van der Waals surface area contributed by atoms with Gasteiger partial charge < -0.3 is 5.73 Å². The fourth-order valence-corrected chi connectivity index (χ4v) is 2.55. The fourth-order valence-electron chi connectivity index (χ4n) is 2.42. The number of aryl methyl sites for hydroxylation is 2. The molecule has 0 spiro atoms. The Kier molecular flexibility index (Phi) is 3.22. The van der Waals surface area contributed by atoms with Crippen LogP contribution >= 0.6 is 11.6 Å². The molecule has 0 bridgehead atoms. The first-order valence-electron chi connectivity index (χ1n) is 6.59. The molecule has 0 radical (unpaired) electrons. The normalized spacial score (nSPS) is 11.0. The zero-order valence-corrected chi connectivity index (χ0v) is 12.9. The summed E-state index contributed by atoms with van der Waals surface area (Å²) in [4.78, 5) is 0. The fraction of sp³-hybridized carbons (Fsp3) is 0.200. The van der Waals surface area contributed by atoms with E-state index in [0.717, 1.165) is 28.3 Å². The van der Waals surface area contributed by atoms with E-state index in [4.69, 9.17) is 17.3 Å². The molecule has 0 saturated carbocycles. The van der Waals surface area contributed by atoms with Crippen molar-refractivity contribution in [2.24, 2.45) is 7.05 Å². The van der Waals surface area contributed by atoms with Crippen molar-refractivity contribution >= 4 is 17.3 Å². The van der Waals surface area contributed by atoms with Crippen molar-refractivity contribution in [3.8, 4) is 16.9 Å². The van der Waals surface area contributed by atoms with E-state index < -0.39 is 0 Å². The van der Waals surface area contributed by atoms with Crippen LogP contribution in [0.15, 0.2) is 30.5 Å². The molecule has 3 aromatic rings. The van der Waals surface area contributed by atoms with Gasteiger partial charge in [0.15, 0.2) is 0 Å². The van der Waals surface area contributed by atoms with Gasteiger partial charge in [-0.25, -0.2) is 4.68 Å². The van der Waals surface area contributed by atoms with E-state index in [1.165, 1.54) is 0 Å². The lowest BCUT2D eigenvalue weighted by Gasteiger charge is -2.01. The van der Waals surface area contributed by atoms with Gasteiger partial charge in [-0.2, -0.15) is 10.2 Å². The molecule has 1 aromatic carbocycles. The molecule has 0 fully saturated rings. The van der Waals surface area contributed by atoms with Crippen LogP contribution in [0, 0.1) is 13.8 Å². The van der Waals surface area contributed by atoms with Crippen LogP contribution in [-0.2, 0) is 7.05 Å². The van der Waals surface area contributed by atoms with E-state index in [9.17, 15) is 0 Å². The van der Waals surface area contributed by atoms with Gasteiger partial charge in [-0.3, -0.25) is 4.68 Å². The van der Waals surface area contributed by atoms with E-state index in [-0.39, 0.29) is 0 Å². The van der Waals surface area contributed by atoms with Crippen LogP contribution in [0.5, 0.6) is 0 Å². The smallest absolute Gasteiger partial charge is 0.119 e. The van der Waals surface area contributed by atoms with Crippen molar-refractivity contribution in [1.82, 2.24) is 19.6 Å². The summed E-state index contributed by atoms with van der Waals surface area (Å²) in [5, 5.41) is 9.72. The predicted molar refractivity (Wildman–Crippen MR) is 84.7 cm³/mol. The lowest BCUT2D eigenvalue weighted by atomic mass is 10.1. The van der Waals surface area contributed by atoms with Gasteiger partial charge in [0.05, 0.1) is 23.3 Å². The van der Waals surface area contributed by atoms with Gasteiger partial charge in [0, 0.05) is 23.3 Å². The maximum Gasteiger partial charge on any atom is 0.119 e. The van der Waals surface area contributed by atoms with Gasteiger partial charge in [0.25, 0.3) is 0 Å². The molecular weight excluding hydrogens is 286 g/mol. The number of nitrogen functional groups attached to an aromatic ring is 1. The molecule has 0 unspecified atom stereocenters. The average Bonchev–Trinajstić information content (AvgIpc) is 2.92. The van der Waals surface area contributed by atoms with Crippen LogP contribution < -0.4 is 5.73 Å². The highest BCUT2D eigenvalue weighted by atomic mass is 35.5. The Bertz CT molecular complexity index is 798. The second-order valence-corrected chi connectivity index (χ2v) is 5.46.